The summed E-state index contributed by atoms with van der Waals surface area (Å²) in [6, 6.07) is 8.65. The number of benzene rings is 2. The number of phenols is 2. The van der Waals surface area contributed by atoms with Crippen LogP contribution in [0.3, 0.4) is 0 Å². The quantitative estimate of drug-likeness (QED) is 0.673. The van der Waals surface area contributed by atoms with Crippen LogP contribution in [0.4, 0.5) is 0 Å². The third-order valence-corrected chi connectivity index (χ3v) is 4.62. The molecule has 0 unspecified atom stereocenters. The smallest absolute Gasteiger partial charge is 0.348 e. The van der Waals surface area contributed by atoms with E-state index in [-0.39, 0.29) is 17.3 Å². The highest BCUT2D eigenvalue weighted by molar-refractivity contribution is 5.84. The lowest BCUT2D eigenvalue weighted by Gasteiger charge is -2.13. The van der Waals surface area contributed by atoms with Crippen molar-refractivity contribution < 1.29 is 10.2 Å². The highest BCUT2D eigenvalue weighted by atomic mass is 16.3. The van der Waals surface area contributed by atoms with Crippen LogP contribution < -0.4 is 5.69 Å². The molecular formula is C19H18N4O3. The number of nitrogens with zero attached hydrogens (tertiary/aromatic N) is 3. The second-order valence-corrected chi connectivity index (χ2v) is 6.21. The second-order valence-electron chi connectivity index (χ2n) is 6.21. The molecule has 26 heavy (non-hydrogen) atoms. The number of aryl methyl sites for hydroxylation is 1. The number of fused-ring (bicyclic) bond motifs is 1. The molecule has 3 aromatic rings. The van der Waals surface area contributed by atoms with Crippen LogP contribution in [0.1, 0.15) is 23.6 Å². The second kappa shape index (κ2) is 6.18. The van der Waals surface area contributed by atoms with E-state index in [1.54, 1.807) is 12.3 Å². The van der Waals surface area contributed by atoms with E-state index in [2.05, 4.69) is 15.2 Å². The maximum absolute atomic E-state index is 12.4. The molecule has 2 heterocycles. The Hall–Kier alpha value is -3.35. The molecule has 0 radical (unpaired) electrons. The van der Waals surface area contributed by atoms with E-state index in [1.165, 1.54) is 16.2 Å². The molecule has 0 saturated heterocycles. The first-order valence-electron chi connectivity index (χ1n) is 8.44. The Kier molecular flexibility index (Phi) is 3.84. The van der Waals surface area contributed by atoms with Crippen molar-refractivity contribution in [3.63, 3.8) is 0 Å². The van der Waals surface area contributed by atoms with Crippen molar-refractivity contribution in [1.82, 2.24) is 14.8 Å². The number of aromatic nitrogens is 3. The minimum absolute atomic E-state index is 0.0168. The Morgan fingerprint density at radius 1 is 1.19 bits per heavy atom. The number of rotatable bonds is 3. The van der Waals surface area contributed by atoms with Gasteiger partial charge in [0.2, 0.25) is 0 Å². The first-order chi connectivity index (χ1) is 12.6. The molecule has 132 valence electrons. The first-order valence-corrected chi connectivity index (χ1v) is 8.44. The average molecular weight is 350 g/mol. The van der Waals surface area contributed by atoms with Crippen LogP contribution >= 0.6 is 0 Å². The largest absolute Gasteiger partial charge is 0.508 e. The molecule has 1 aliphatic rings. The predicted octanol–water partition coefficient (Wildman–Crippen LogP) is 2.18. The lowest BCUT2D eigenvalue weighted by Crippen LogP contribution is -2.16. The highest BCUT2D eigenvalue weighted by Crippen LogP contribution is 2.34. The standard InChI is InChI=1S/C19H18N4O3/c1-2-11-8-15(17(25)9-16(11)24)18-21-22-19(26)23(18)14-4-3-12-5-6-20-10-13(12)7-14/h3-4,7-10,24-25H,2,5-6H2,1H3,(H,22,26). The van der Waals surface area contributed by atoms with Crippen LogP contribution in [0.2, 0.25) is 0 Å². The maximum Gasteiger partial charge on any atom is 0.348 e. The zero-order valence-corrected chi connectivity index (χ0v) is 14.2. The van der Waals surface area contributed by atoms with Crippen molar-refractivity contribution in [2.45, 2.75) is 19.8 Å². The van der Waals surface area contributed by atoms with Gasteiger partial charge in [0, 0.05) is 18.8 Å². The van der Waals surface area contributed by atoms with E-state index >= 15 is 0 Å². The number of phenolic OH excluding ortho intramolecular Hbond substituents is 2. The van der Waals surface area contributed by atoms with E-state index in [0.29, 0.717) is 23.2 Å². The number of aliphatic imine (C=N–C) groups is 1. The van der Waals surface area contributed by atoms with Gasteiger partial charge in [-0.3, -0.25) is 4.99 Å². The fourth-order valence-corrected chi connectivity index (χ4v) is 3.22. The topological polar surface area (TPSA) is 104 Å². The zero-order chi connectivity index (χ0) is 18.3. The van der Waals surface area contributed by atoms with Crippen LogP contribution in [-0.2, 0) is 12.8 Å². The van der Waals surface area contributed by atoms with Crippen molar-refractivity contribution in [3.05, 3.63) is 57.5 Å². The molecule has 0 aliphatic carbocycles. The Labute approximate surface area is 149 Å². The third-order valence-electron chi connectivity index (χ3n) is 4.62. The summed E-state index contributed by atoms with van der Waals surface area (Å²) in [4.78, 5) is 16.7. The molecule has 4 rings (SSSR count). The molecule has 3 N–H and O–H groups in total. The number of aromatic hydroxyl groups is 2. The maximum atomic E-state index is 12.4. The van der Waals surface area contributed by atoms with Crippen molar-refractivity contribution in [2.75, 3.05) is 6.54 Å². The predicted molar refractivity (Wildman–Crippen MR) is 98.5 cm³/mol. The van der Waals surface area contributed by atoms with Crippen LogP contribution in [-0.4, -0.2) is 37.7 Å². The molecule has 1 aliphatic heterocycles. The molecule has 0 amide bonds. The molecular weight excluding hydrogens is 332 g/mol. The number of nitrogens with one attached hydrogen (secondary N) is 1. The lowest BCUT2D eigenvalue weighted by atomic mass is 10.0. The number of aromatic amines is 1. The third kappa shape index (κ3) is 2.57. The van der Waals surface area contributed by atoms with Crippen molar-refractivity contribution in [3.8, 4) is 28.6 Å². The summed E-state index contributed by atoms with van der Waals surface area (Å²) in [5.74, 6) is 0.164. The van der Waals surface area contributed by atoms with Gasteiger partial charge in [-0.25, -0.2) is 14.5 Å². The molecule has 0 saturated carbocycles. The number of hydrogen-bond donors (Lipinski definition) is 3. The van der Waals surface area contributed by atoms with Gasteiger partial charge in [0.05, 0.1) is 11.3 Å². The van der Waals surface area contributed by atoms with Gasteiger partial charge in [0.15, 0.2) is 5.82 Å². The molecule has 7 heteroatoms. The number of H-pyrrole nitrogens is 1. The van der Waals surface area contributed by atoms with Gasteiger partial charge in [0.1, 0.15) is 11.5 Å². The minimum atomic E-state index is -0.404. The summed E-state index contributed by atoms with van der Waals surface area (Å²) in [5, 5.41) is 26.7. The summed E-state index contributed by atoms with van der Waals surface area (Å²) >= 11 is 0. The Bertz CT molecular complexity index is 1080. The molecule has 0 spiro atoms. The summed E-state index contributed by atoms with van der Waals surface area (Å²) in [6.45, 7) is 2.67. The summed E-state index contributed by atoms with van der Waals surface area (Å²) in [6.07, 6.45) is 3.27. The average Bonchev–Trinajstić information content (AvgIpc) is 3.03. The molecule has 1 aromatic heterocycles. The van der Waals surface area contributed by atoms with Crippen LogP contribution in [0, 0.1) is 0 Å². The van der Waals surface area contributed by atoms with Gasteiger partial charge in [-0.1, -0.05) is 13.0 Å². The molecule has 0 bridgehead atoms. The van der Waals surface area contributed by atoms with E-state index in [1.807, 2.05) is 25.1 Å². The number of hydrogen-bond acceptors (Lipinski definition) is 5. The van der Waals surface area contributed by atoms with Gasteiger partial charge < -0.3 is 10.2 Å². The van der Waals surface area contributed by atoms with Crippen LogP contribution in [0.15, 0.2) is 40.1 Å². The summed E-state index contributed by atoms with van der Waals surface area (Å²) < 4.78 is 1.41. The Morgan fingerprint density at radius 2 is 2.04 bits per heavy atom. The minimum Gasteiger partial charge on any atom is -0.508 e. The van der Waals surface area contributed by atoms with Gasteiger partial charge in [-0.2, -0.15) is 5.10 Å². The zero-order valence-electron chi connectivity index (χ0n) is 14.2. The summed E-state index contributed by atoms with van der Waals surface area (Å²) in [5.41, 5.74) is 3.43. The fraction of sp³-hybridized carbons (Fsp3) is 0.211. The molecule has 7 nitrogen and oxygen atoms in total. The van der Waals surface area contributed by atoms with E-state index in [9.17, 15) is 15.0 Å². The highest BCUT2D eigenvalue weighted by Gasteiger charge is 2.19. The van der Waals surface area contributed by atoms with Gasteiger partial charge in [-0.05, 0) is 47.7 Å². The van der Waals surface area contributed by atoms with Crippen molar-refractivity contribution in [2.24, 2.45) is 4.99 Å². The molecule has 2 aromatic carbocycles. The van der Waals surface area contributed by atoms with Crippen LogP contribution in [0.5, 0.6) is 11.5 Å². The summed E-state index contributed by atoms with van der Waals surface area (Å²) in [7, 11) is 0. The monoisotopic (exact) mass is 350 g/mol. The molecule has 0 fully saturated rings. The van der Waals surface area contributed by atoms with E-state index in [0.717, 1.165) is 18.5 Å². The van der Waals surface area contributed by atoms with Crippen molar-refractivity contribution in [1.29, 1.82) is 0 Å². The van der Waals surface area contributed by atoms with Crippen molar-refractivity contribution >= 4 is 6.21 Å². The first kappa shape index (κ1) is 16.1. The van der Waals surface area contributed by atoms with Gasteiger partial charge in [0.25, 0.3) is 0 Å². The van der Waals surface area contributed by atoms with Gasteiger partial charge >= 0.3 is 5.69 Å². The fourth-order valence-electron chi connectivity index (χ4n) is 3.22. The van der Waals surface area contributed by atoms with E-state index < -0.39 is 5.69 Å². The molecule has 0 atom stereocenters. The lowest BCUT2D eigenvalue weighted by molar-refractivity contribution is 0.447. The van der Waals surface area contributed by atoms with Gasteiger partial charge in [-0.15, -0.1) is 0 Å². The normalized spacial score (nSPS) is 13.0. The Morgan fingerprint density at radius 3 is 2.85 bits per heavy atom. The van der Waals surface area contributed by atoms with E-state index in [4.69, 9.17) is 0 Å². The Balaban J connectivity index is 1.91. The SMILES string of the molecule is CCc1cc(-c2n[nH]c(=O)n2-c2ccc3c(c2)C=NCC3)c(O)cc1O. The van der Waals surface area contributed by atoms with Crippen LogP contribution in [0.25, 0.3) is 17.1 Å².